The Morgan fingerprint density at radius 1 is 1.33 bits per heavy atom. The van der Waals surface area contributed by atoms with Gasteiger partial charge in [-0.15, -0.1) is 0 Å². The van der Waals surface area contributed by atoms with Gasteiger partial charge >= 0.3 is 0 Å². The van der Waals surface area contributed by atoms with E-state index in [9.17, 15) is 10.1 Å². The van der Waals surface area contributed by atoms with Crippen LogP contribution in [0, 0.1) is 10.1 Å². The minimum absolute atomic E-state index is 0.144. The van der Waals surface area contributed by atoms with E-state index in [-0.39, 0.29) is 10.6 Å². The van der Waals surface area contributed by atoms with Gasteiger partial charge in [-0.3, -0.25) is 10.1 Å². The van der Waals surface area contributed by atoms with Crippen LogP contribution in [0.2, 0.25) is 13.1 Å². The van der Waals surface area contributed by atoms with E-state index >= 15 is 0 Å². The maximum Gasteiger partial charge on any atom is 0.269 e. The maximum atomic E-state index is 10.4. The van der Waals surface area contributed by atoms with Gasteiger partial charge in [0.25, 0.3) is 5.69 Å². The summed E-state index contributed by atoms with van der Waals surface area (Å²) in [5.74, 6) is 0. The molecule has 0 aliphatic rings. The average Bonchev–Trinajstić information content (AvgIpc) is 2.18. The molecule has 0 heterocycles. The number of nitro benzene ring substituents is 1. The molecule has 0 aromatic heterocycles. The third-order valence-electron chi connectivity index (χ3n) is 2.38. The van der Waals surface area contributed by atoms with Crippen molar-refractivity contribution in [1.29, 1.82) is 0 Å². The number of benzene rings is 1. The number of rotatable bonds is 4. The molecule has 0 aliphatic heterocycles. The number of nitro groups is 1. The second-order valence-electron chi connectivity index (χ2n) is 4.47. The molecule has 0 radical (unpaired) electrons. The first-order valence-corrected chi connectivity index (χ1v) is 8.29. The molecule has 0 aliphatic carbocycles. The molecule has 82 valence electrons. The predicted octanol–water partition coefficient (Wildman–Crippen LogP) is 1.88. The summed E-state index contributed by atoms with van der Waals surface area (Å²) in [6.45, 7) is 4.43. The molecule has 0 fully saturated rings. The molecule has 4 nitrogen and oxygen atoms in total. The summed E-state index contributed by atoms with van der Waals surface area (Å²) in [5, 5.41) is 10.4. The molecule has 0 saturated heterocycles. The first kappa shape index (κ1) is 11.9. The van der Waals surface area contributed by atoms with E-state index in [4.69, 9.17) is 5.73 Å². The van der Waals surface area contributed by atoms with E-state index in [1.54, 1.807) is 12.1 Å². The van der Waals surface area contributed by atoms with Gasteiger partial charge in [-0.1, -0.05) is 30.8 Å². The highest BCUT2D eigenvalue weighted by molar-refractivity contribution is 6.77. The maximum absolute atomic E-state index is 10.4. The lowest BCUT2D eigenvalue weighted by molar-refractivity contribution is -0.384. The minimum atomic E-state index is -1.35. The Balaban J connectivity index is 2.77. The molecule has 1 aromatic rings. The molecule has 0 bridgehead atoms. The zero-order chi connectivity index (χ0) is 11.5. The van der Waals surface area contributed by atoms with Crippen molar-refractivity contribution in [3.63, 3.8) is 0 Å². The fraction of sp³-hybridized carbons (Fsp3) is 0.400. The van der Waals surface area contributed by atoms with Crippen LogP contribution in [0.3, 0.4) is 0 Å². The highest BCUT2D eigenvalue weighted by atomic mass is 28.3. The van der Waals surface area contributed by atoms with Gasteiger partial charge in [0.05, 0.1) is 13.0 Å². The Bertz CT molecular complexity index is 349. The standard InChI is InChI=1S/C10H16N2O2Si/c1-15(2,8-11)7-9-3-5-10(6-4-9)12(13)14/h3-6H,7-8,11H2,1-2H3. The summed E-state index contributed by atoms with van der Waals surface area (Å²) in [7, 11) is -1.35. The Hall–Kier alpha value is -1.20. The second kappa shape index (κ2) is 4.54. The summed E-state index contributed by atoms with van der Waals surface area (Å²) < 4.78 is 0. The number of hydrogen-bond donors (Lipinski definition) is 1. The van der Waals surface area contributed by atoms with E-state index in [1.165, 1.54) is 0 Å². The lowest BCUT2D eigenvalue weighted by atomic mass is 10.2. The van der Waals surface area contributed by atoms with Crippen LogP contribution >= 0.6 is 0 Å². The van der Waals surface area contributed by atoms with Gasteiger partial charge in [0, 0.05) is 12.1 Å². The SMILES string of the molecule is C[Si](C)(CN)Cc1ccc([N+](=O)[O-])cc1. The van der Waals surface area contributed by atoms with Crippen molar-refractivity contribution in [1.82, 2.24) is 0 Å². The van der Waals surface area contributed by atoms with Crippen LogP contribution in [-0.4, -0.2) is 19.2 Å². The third kappa shape index (κ3) is 3.45. The van der Waals surface area contributed by atoms with E-state index in [0.717, 1.165) is 17.8 Å². The van der Waals surface area contributed by atoms with E-state index in [0.29, 0.717) is 0 Å². The van der Waals surface area contributed by atoms with Gasteiger partial charge in [-0.25, -0.2) is 0 Å². The van der Waals surface area contributed by atoms with Crippen LogP contribution < -0.4 is 5.73 Å². The molecule has 1 aromatic carbocycles. The van der Waals surface area contributed by atoms with E-state index in [1.807, 2.05) is 12.1 Å². The van der Waals surface area contributed by atoms with Crippen LogP contribution in [0.1, 0.15) is 5.56 Å². The van der Waals surface area contributed by atoms with E-state index in [2.05, 4.69) is 13.1 Å². The molecular weight excluding hydrogens is 208 g/mol. The summed E-state index contributed by atoms with van der Waals surface area (Å²) in [5.41, 5.74) is 6.97. The quantitative estimate of drug-likeness (QED) is 0.482. The molecule has 1 rings (SSSR count). The minimum Gasteiger partial charge on any atom is -0.333 e. The molecule has 2 N–H and O–H groups in total. The lowest BCUT2D eigenvalue weighted by Gasteiger charge is -2.19. The topological polar surface area (TPSA) is 69.2 Å². The van der Waals surface area contributed by atoms with Gasteiger partial charge in [-0.05, 0) is 12.2 Å². The summed E-state index contributed by atoms with van der Waals surface area (Å²) in [6, 6.07) is 7.72. The van der Waals surface area contributed by atoms with Crippen LogP contribution in [-0.2, 0) is 6.04 Å². The molecule has 0 unspecified atom stereocenters. The Morgan fingerprint density at radius 2 is 1.87 bits per heavy atom. The van der Waals surface area contributed by atoms with Gasteiger partial charge < -0.3 is 5.73 Å². The zero-order valence-corrected chi connectivity index (χ0v) is 10.1. The van der Waals surface area contributed by atoms with Crippen molar-refractivity contribution >= 4 is 13.8 Å². The predicted molar refractivity (Wildman–Crippen MR) is 63.3 cm³/mol. The van der Waals surface area contributed by atoms with Crippen LogP contribution in [0.5, 0.6) is 0 Å². The third-order valence-corrected chi connectivity index (χ3v) is 4.85. The van der Waals surface area contributed by atoms with Gasteiger partial charge in [0.1, 0.15) is 0 Å². The van der Waals surface area contributed by atoms with Crippen molar-refractivity contribution in [2.75, 3.05) is 6.17 Å². The average molecular weight is 224 g/mol. The largest absolute Gasteiger partial charge is 0.333 e. The molecular formula is C10H16N2O2Si. The lowest BCUT2D eigenvalue weighted by Crippen LogP contribution is -2.39. The highest BCUT2D eigenvalue weighted by Gasteiger charge is 2.19. The van der Waals surface area contributed by atoms with Crippen molar-refractivity contribution in [2.45, 2.75) is 19.1 Å². The van der Waals surface area contributed by atoms with Crippen molar-refractivity contribution in [2.24, 2.45) is 5.73 Å². The van der Waals surface area contributed by atoms with Crippen LogP contribution in [0.25, 0.3) is 0 Å². The van der Waals surface area contributed by atoms with Gasteiger partial charge in [0.2, 0.25) is 0 Å². The first-order chi connectivity index (χ1) is 6.94. The van der Waals surface area contributed by atoms with Crippen molar-refractivity contribution in [3.8, 4) is 0 Å². The fourth-order valence-electron chi connectivity index (χ4n) is 1.36. The number of non-ortho nitro benzene ring substituents is 1. The first-order valence-electron chi connectivity index (χ1n) is 4.88. The molecule has 5 heteroatoms. The summed E-state index contributed by atoms with van der Waals surface area (Å²) in [6.07, 6.45) is 0.740. The monoisotopic (exact) mass is 224 g/mol. The molecule has 15 heavy (non-hydrogen) atoms. The number of nitrogens with two attached hydrogens (primary N) is 1. The Morgan fingerprint density at radius 3 is 2.27 bits per heavy atom. The van der Waals surface area contributed by atoms with Gasteiger partial charge in [-0.2, -0.15) is 0 Å². The molecule has 0 amide bonds. The Labute approximate surface area is 90.3 Å². The van der Waals surface area contributed by atoms with E-state index < -0.39 is 8.07 Å². The molecule has 0 spiro atoms. The van der Waals surface area contributed by atoms with Gasteiger partial charge in [0.15, 0.2) is 0 Å². The molecule has 0 saturated carbocycles. The summed E-state index contributed by atoms with van der Waals surface area (Å²) in [4.78, 5) is 10.1. The molecule has 0 atom stereocenters. The normalized spacial score (nSPS) is 11.4. The highest BCUT2D eigenvalue weighted by Crippen LogP contribution is 2.15. The fourth-order valence-corrected chi connectivity index (χ4v) is 2.85. The Kier molecular flexibility index (Phi) is 3.60. The van der Waals surface area contributed by atoms with Crippen LogP contribution in [0.4, 0.5) is 5.69 Å². The van der Waals surface area contributed by atoms with Crippen molar-refractivity contribution < 1.29 is 4.92 Å². The smallest absolute Gasteiger partial charge is 0.269 e. The van der Waals surface area contributed by atoms with Crippen LogP contribution in [0.15, 0.2) is 24.3 Å². The number of nitrogens with zero attached hydrogens (tertiary/aromatic N) is 1. The zero-order valence-electron chi connectivity index (χ0n) is 9.06. The van der Waals surface area contributed by atoms with Crippen molar-refractivity contribution in [3.05, 3.63) is 39.9 Å². The second-order valence-corrected chi connectivity index (χ2v) is 9.56. The summed E-state index contributed by atoms with van der Waals surface area (Å²) >= 11 is 0. The number of hydrogen-bond acceptors (Lipinski definition) is 3.